The Bertz CT molecular complexity index is 891. The van der Waals surface area contributed by atoms with E-state index in [0.29, 0.717) is 16.7 Å². The van der Waals surface area contributed by atoms with E-state index in [-0.39, 0.29) is 11.6 Å². The summed E-state index contributed by atoms with van der Waals surface area (Å²) in [6.07, 6.45) is 3.23. The Hall–Kier alpha value is -2.12. The molecule has 106 valence electrons. The van der Waals surface area contributed by atoms with Gasteiger partial charge in [-0.1, -0.05) is 0 Å². The van der Waals surface area contributed by atoms with Crippen LogP contribution < -0.4 is 11.0 Å². The van der Waals surface area contributed by atoms with Gasteiger partial charge in [-0.2, -0.15) is 0 Å². The van der Waals surface area contributed by atoms with Crippen molar-refractivity contribution >= 4 is 56.0 Å². The molecule has 3 rings (SSSR count). The van der Waals surface area contributed by atoms with Crippen molar-refractivity contribution in [2.75, 3.05) is 5.32 Å². The van der Waals surface area contributed by atoms with Gasteiger partial charge in [0.25, 0.3) is 0 Å². The lowest BCUT2D eigenvalue weighted by Crippen LogP contribution is -2.07. The van der Waals surface area contributed by atoms with Crippen molar-refractivity contribution in [1.29, 1.82) is 0 Å². The highest BCUT2D eigenvalue weighted by atomic mass is 79.9. The number of H-pyrrole nitrogens is 2. The van der Waals surface area contributed by atoms with E-state index in [0.717, 1.165) is 8.66 Å². The van der Waals surface area contributed by atoms with E-state index in [9.17, 15) is 9.59 Å². The SMILES string of the molecule is O=C(C=Cc1ccc(Br)s1)Nc1ccc2[nH]c(=O)[nH]c2c1. The summed E-state index contributed by atoms with van der Waals surface area (Å²) in [5.74, 6) is -0.225. The van der Waals surface area contributed by atoms with Crippen LogP contribution in [0.2, 0.25) is 0 Å². The van der Waals surface area contributed by atoms with Crippen LogP contribution in [0.15, 0.2) is 45.0 Å². The summed E-state index contributed by atoms with van der Waals surface area (Å²) in [4.78, 5) is 29.3. The molecule has 3 aromatic rings. The molecule has 1 amide bonds. The molecule has 2 aromatic heterocycles. The number of anilines is 1. The number of nitrogens with one attached hydrogen (secondary N) is 3. The van der Waals surface area contributed by atoms with Crippen molar-refractivity contribution in [2.45, 2.75) is 0 Å². The molecule has 0 fully saturated rings. The second-order valence-corrected chi connectivity index (χ2v) is 6.80. The first-order valence-corrected chi connectivity index (χ1v) is 7.67. The van der Waals surface area contributed by atoms with Crippen LogP contribution in [0, 0.1) is 0 Å². The lowest BCUT2D eigenvalue weighted by molar-refractivity contribution is -0.111. The average molecular weight is 364 g/mol. The zero-order chi connectivity index (χ0) is 14.8. The smallest absolute Gasteiger partial charge is 0.322 e. The quantitative estimate of drug-likeness (QED) is 0.624. The second-order valence-electron chi connectivity index (χ2n) is 4.30. The number of halogens is 1. The Morgan fingerprint density at radius 2 is 2.00 bits per heavy atom. The zero-order valence-corrected chi connectivity index (χ0v) is 13.0. The third-order valence-electron chi connectivity index (χ3n) is 2.78. The molecule has 0 spiro atoms. The maximum atomic E-state index is 11.8. The molecule has 0 aliphatic heterocycles. The summed E-state index contributed by atoms with van der Waals surface area (Å²) >= 11 is 4.92. The molecule has 0 aliphatic rings. The number of carbonyl (C=O) groups is 1. The van der Waals surface area contributed by atoms with Gasteiger partial charge in [-0.15, -0.1) is 11.3 Å². The fraction of sp³-hybridized carbons (Fsp3) is 0. The van der Waals surface area contributed by atoms with Crippen LogP contribution in [-0.4, -0.2) is 15.9 Å². The molecule has 0 unspecified atom stereocenters. The maximum Gasteiger partial charge on any atom is 0.323 e. The Morgan fingerprint density at radius 1 is 1.19 bits per heavy atom. The molecule has 0 radical (unpaired) electrons. The van der Waals surface area contributed by atoms with Gasteiger partial charge in [0.05, 0.1) is 14.8 Å². The molecule has 21 heavy (non-hydrogen) atoms. The van der Waals surface area contributed by atoms with Crippen molar-refractivity contribution in [1.82, 2.24) is 9.97 Å². The van der Waals surface area contributed by atoms with E-state index in [4.69, 9.17) is 0 Å². The molecule has 7 heteroatoms. The number of aromatic amines is 2. The Balaban J connectivity index is 1.73. The predicted octanol–water partition coefficient (Wildman–Crippen LogP) is 3.33. The van der Waals surface area contributed by atoms with E-state index in [2.05, 4.69) is 31.2 Å². The lowest BCUT2D eigenvalue weighted by Gasteiger charge is -2.01. The Labute approximate surface area is 131 Å². The first kappa shape index (κ1) is 13.8. The summed E-state index contributed by atoms with van der Waals surface area (Å²) in [6.45, 7) is 0. The van der Waals surface area contributed by atoms with Gasteiger partial charge in [0.2, 0.25) is 5.91 Å². The number of benzene rings is 1. The number of hydrogen-bond donors (Lipinski definition) is 3. The van der Waals surface area contributed by atoms with Crippen LogP contribution in [-0.2, 0) is 4.79 Å². The van der Waals surface area contributed by atoms with Gasteiger partial charge >= 0.3 is 5.69 Å². The van der Waals surface area contributed by atoms with Gasteiger partial charge in [-0.05, 0) is 52.3 Å². The number of rotatable bonds is 3. The van der Waals surface area contributed by atoms with Crippen molar-refractivity contribution in [2.24, 2.45) is 0 Å². The maximum absolute atomic E-state index is 11.8. The van der Waals surface area contributed by atoms with E-state index in [1.54, 1.807) is 35.6 Å². The van der Waals surface area contributed by atoms with Gasteiger partial charge in [-0.3, -0.25) is 4.79 Å². The van der Waals surface area contributed by atoms with Gasteiger partial charge in [0, 0.05) is 16.6 Å². The van der Waals surface area contributed by atoms with Gasteiger partial charge in [0.1, 0.15) is 0 Å². The number of hydrogen-bond acceptors (Lipinski definition) is 3. The van der Waals surface area contributed by atoms with Gasteiger partial charge in [0.15, 0.2) is 0 Å². The van der Waals surface area contributed by atoms with Crippen molar-refractivity contribution in [3.05, 3.63) is 55.6 Å². The second kappa shape index (κ2) is 5.71. The summed E-state index contributed by atoms with van der Waals surface area (Å²) in [7, 11) is 0. The van der Waals surface area contributed by atoms with Gasteiger partial charge < -0.3 is 15.3 Å². The Kier molecular flexibility index (Phi) is 3.76. The topological polar surface area (TPSA) is 77.8 Å². The molecule has 0 aliphatic carbocycles. The summed E-state index contributed by atoms with van der Waals surface area (Å²) in [5, 5.41) is 2.75. The Morgan fingerprint density at radius 3 is 2.76 bits per heavy atom. The number of carbonyl (C=O) groups excluding carboxylic acids is 1. The molecule has 3 N–H and O–H groups in total. The fourth-order valence-corrected chi connectivity index (χ4v) is 3.20. The summed E-state index contributed by atoms with van der Waals surface area (Å²) in [6, 6.07) is 9.04. The highest BCUT2D eigenvalue weighted by molar-refractivity contribution is 9.11. The number of imidazole rings is 1. The summed E-state index contributed by atoms with van der Waals surface area (Å²) < 4.78 is 1.02. The zero-order valence-electron chi connectivity index (χ0n) is 10.6. The number of thiophene rings is 1. The minimum Gasteiger partial charge on any atom is -0.322 e. The highest BCUT2D eigenvalue weighted by Crippen LogP contribution is 2.23. The molecule has 1 aromatic carbocycles. The highest BCUT2D eigenvalue weighted by Gasteiger charge is 2.02. The third kappa shape index (κ3) is 3.32. The van der Waals surface area contributed by atoms with Crippen LogP contribution in [0.4, 0.5) is 5.69 Å². The average Bonchev–Trinajstić information content (AvgIpc) is 3.01. The first-order chi connectivity index (χ1) is 10.1. The van der Waals surface area contributed by atoms with E-state index < -0.39 is 0 Å². The van der Waals surface area contributed by atoms with Crippen LogP contribution in [0.5, 0.6) is 0 Å². The molecule has 2 heterocycles. The molecular weight excluding hydrogens is 354 g/mol. The lowest BCUT2D eigenvalue weighted by atomic mass is 10.2. The van der Waals surface area contributed by atoms with Crippen LogP contribution in [0.25, 0.3) is 17.1 Å². The minimum absolute atomic E-state index is 0.225. The normalized spacial score (nSPS) is 11.3. The van der Waals surface area contributed by atoms with Crippen molar-refractivity contribution in [3.8, 4) is 0 Å². The number of amides is 1. The minimum atomic E-state index is -0.267. The van der Waals surface area contributed by atoms with Gasteiger partial charge in [-0.25, -0.2) is 4.79 Å². The molecular formula is C14H10BrN3O2S. The van der Waals surface area contributed by atoms with Crippen molar-refractivity contribution < 1.29 is 4.79 Å². The van der Waals surface area contributed by atoms with E-state index in [1.807, 2.05) is 12.1 Å². The largest absolute Gasteiger partial charge is 0.323 e. The standard InChI is InChI=1S/C14H10BrN3O2S/c15-12-5-2-9(21-12)3-6-13(19)16-8-1-4-10-11(7-8)18-14(20)17-10/h1-7H,(H,16,19)(H2,17,18,20). The summed E-state index contributed by atoms with van der Waals surface area (Å²) in [5.41, 5.74) is 1.72. The molecule has 0 saturated carbocycles. The fourth-order valence-electron chi connectivity index (χ4n) is 1.87. The van der Waals surface area contributed by atoms with Crippen molar-refractivity contribution in [3.63, 3.8) is 0 Å². The van der Waals surface area contributed by atoms with E-state index in [1.165, 1.54) is 6.08 Å². The van der Waals surface area contributed by atoms with E-state index >= 15 is 0 Å². The number of aromatic nitrogens is 2. The molecule has 5 nitrogen and oxygen atoms in total. The molecule has 0 saturated heterocycles. The number of fused-ring (bicyclic) bond motifs is 1. The van der Waals surface area contributed by atoms with Crippen LogP contribution in [0.3, 0.4) is 0 Å². The van der Waals surface area contributed by atoms with Crippen LogP contribution >= 0.6 is 27.3 Å². The molecule has 0 atom stereocenters. The molecule has 0 bridgehead atoms. The predicted molar refractivity (Wildman–Crippen MR) is 88.6 cm³/mol. The third-order valence-corrected chi connectivity index (χ3v) is 4.37. The first-order valence-electron chi connectivity index (χ1n) is 6.06. The van der Waals surface area contributed by atoms with Crippen LogP contribution in [0.1, 0.15) is 4.88 Å². The monoisotopic (exact) mass is 363 g/mol.